The van der Waals surface area contributed by atoms with Gasteiger partial charge in [0.15, 0.2) is 0 Å². The molecule has 0 aliphatic carbocycles. The van der Waals surface area contributed by atoms with E-state index in [0.717, 1.165) is 6.42 Å². The van der Waals surface area contributed by atoms with Crippen molar-refractivity contribution in [3.8, 4) is 0 Å². The first-order valence-electron chi connectivity index (χ1n) is 6.44. The molecular formula is C13H20N4O3. The number of aryl methyl sites for hydroxylation is 1. The lowest BCUT2D eigenvalue weighted by Gasteiger charge is -2.20. The van der Waals surface area contributed by atoms with Crippen LogP contribution in [-0.4, -0.2) is 28.1 Å². The molecule has 0 spiro atoms. The topological polar surface area (TPSA) is 107 Å². The van der Waals surface area contributed by atoms with Gasteiger partial charge in [0, 0.05) is 19.2 Å². The highest BCUT2D eigenvalue weighted by molar-refractivity contribution is 5.92. The fourth-order valence-corrected chi connectivity index (χ4v) is 1.42. The summed E-state index contributed by atoms with van der Waals surface area (Å²) < 4.78 is 1.24. The van der Waals surface area contributed by atoms with E-state index in [1.54, 1.807) is 13.8 Å². The summed E-state index contributed by atoms with van der Waals surface area (Å²) in [5.74, 6) is -0.939. The molecule has 0 aliphatic rings. The third kappa shape index (κ3) is 3.91. The number of primary amides is 1. The predicted octanol–water partition coefficient (Wildman–Crippen LogP) is -0.105. The molecule has 110 valence electrons. The molecule has 7 heteroatoms. The average molecular weight is 280 g/mol. The van der Waals surface area contributed by atoms with E-state index < -0.39 is 17.2 Å². The molecule has 20 heavy (non-hydrogen) atoms. The summed E-state index contributed by atoms with van der Waals surface area (Å²) in [5, 5.41) is 6.58. The van der Waals surface area contributed by atoms with Gasteiger partial charge in [0.25, 0.3) is 11.5 Å². The highest BCUT2D eigenvalue weighted by Crippen LogP contribution is 2.11. The molecule has 0 aromatic carbocycles. The Hall–Kier alpha value is -2.18. The largest absolute Gasteiger partial charge is 0.369 e. The number of aromatic nitrogens is 2. The van der Waals surface area contributed by atoms with E-state index >= 15 is 0 Å². The molecule has 0 aliphatic heterocycles. The number of nitrogens with two attached hydrogens (primary N) is 1. The molecule has 0 atom stereocenters. The smallest absolute Gasteiger partial charge is 0.271 e. The van der Waals surface area contributed by atoms with Crippen LogP contribution in [0.2, 0.25) is 0 Å². The lowest BCUT2D eigenvalue weighted by molar-refractivity contribution is -0.125. The Balaban J connectivity index is 2.81. The van der Waals surface area contributed by atoms with Crippen LogP contribution in [0.5, 0.6) is 0 Å². The molecule has 0 bridgehead atoms. The fourth-order valence-electron chi connectivity index (χ4n) is 1.42. The summed E-state index contributed by atoms with van der Waals surface area (Å²) in [6.07, 6.45) is 0.743. The molecule has 2 amide bonds. The first-order valence-corrected chi connectivity index (χ1v) is 6.44. The molecule has 1 aromatic rings. The van der Waals surface area contributed by atoms with E-state index in [1.165, 1.54) is 16.8 Å². The molecule has 0 fully saturated rings. The quantitative estimate of drug-likeness (QED) is 0.758. The summed E-state index contributed by atoms with van der Waals surface area (Å²) in [5.41, 5.74) is 4.28. The van der Waals surface area contributed by atoms with Crippen molar-refractivity contribution in [3.63, 3.8) is 0 Å². The van der Waals surface area contributed by atoms with Crippen LogP contribution in [0.15, 0.2) is 16.9 Å². The number of rotatable bonds is 6. The lowest BCUT2D eigenvalue weighted by Crippen LogP contribution is -2.42. The number of carbonyl (C=O) groups excluding carboxylic acids is 2. The van der Waals surface area contributed by atoms with Crippen molar-refractivity contribution in [1.82, 2.24) is 15.1 Å². The molecule has 0 saturated heterocycles. The monoisotopic (exact) mass is 280 g/mol. The molecule has 1 heterocycles. The Morgan fingerprint density at radius 1 is 1.40 bits per heavy atom. The van der Waals surface area contributed by atoms with Crippen molar-refractivity contribution >= 4 is 11.8 Å². The first-order chi connectivity index (χ1) is 9.27. The molecule has 0 radical (unpaired) electrons. The number of nitrogens with zero attached hydrogens (tertiary/aromatic N) is 2. The van der Waals surface area contributed by atoms with Crippen LogP contribution >= 0.6 is 0 Å². The normalized spacial score (nSPS) is 11.2. The second kappa shape index (κ2) is 6.31. The number of hydrogen-bond acceptors (Lipinski definition) is 4. The van der Waals surface area contributed by atoms with Crippen LogP contribution in [0.4, 0.5) is 0 Å². The SMILES string of the molecule is CCCn1nc(C(=O)NCC(C)(C)C(N)=O)ccc1=O. The van der Waals surface area contributed by atoms with Crippen molar-refractivity contribution in [2.45, 2.75) is 33.7 Å². The summed E-state index contributed by atoms with van der Waals surface area (Å²) in [4.78, 5) is 34.6. The number of hydrogen-bond donors (Lipinski definition) is 2. The molecule has 1 rings (SSSR count). The molecule has 0 saturated carbocycles. The second-order valence-corrected chi connectivity index (χ2v) is 5.21. The molecular weight excluding hydrogens is 260 g/mol. The van der Waals surface area contributed by atoms with Crippen molar-refractivity contribution in [3.05, 3.63) is 28.2 Å². The lowest BCUT2D eigenvalue weighted by atomic mass is 9.93. The van der Waals surface area contributed by atoms with E-state index in [2.05, 4.69) is 10.4 Å². The van der Waals surface area contributed by atoms with Gasteiger partial charge in [-0.25, -0.2) is 4.68 Å². The van der Waals surface area contributed by atoms with E-state index in [1.807, 2.05) is 6.92 Å². The van der Waals surface area contributed by atoms with Crippen LogP contribution in [0.25, 0.3) is 0 Å². The summed E-state index contributed by atoms with van der Waals surface area (Å²) in [7, 11) is 0. The summed E-state index contributed by atoms with van der Waals surface area (Å²) in [6.45, 7) is 5.75. The van der Waals surface area contributed by atoms with Crippen LogP contribution in [0, 0.1) is 5.41 Å². The van der Waals surface area contributed by atoms with Crippen LogP contribution in [-0.2, 0) is 11.3 Å². The minimum atomic E-state index is -0.840. The van der Waals surface area contributed by atoms with E-state index in [4.69, 9.17) is 5.73 Å². The van der Waals surface area contributed by atoms with Crippen molar-refractivity contribution in [2.24, 2.45) is 11.1 Å². The Morgan fingerprint density at radius 2 is 2.05 bits per heavy atom. The maximum absolute atomic E-state index is 11.9. The van der Waals surface area contributed by atoms with E-state index in [-0.39, 0.29) is 17.8 Å². The van der Waals surface area contributed by atoms with Crippen molar-refractivity contribution in [1.29, 1.82) is 0 Å². The van der Waals surface area contributed by atoms with E-state index in [0.29, 0.717) is 6.54 Å². The zero-order valence-electron chi connectivity index (χ0n) is 12.0. The molecule has 7 nitrogen and oxygen atoms in total. The van der Waals surface area contributed by atoms with Gasteiger partial charge in [-0.15, -0.1) is 0 Å². The first kappa shape index (κ1) is 15.9. The maximum Gasteiger partial charge on any atom is 0.271 e. The Bertz CT molecular complexity index is 563. The minimum absolute atomic E-state index is 0.107. The number of nitrogens with one attached hydrogen (secondary N) is 1. The maximum atomic E-state index is 11.9. The van der Waals surface area contributed by atoms with E-state index in [9.17, 15) is 14.4 Å². The van der Waals surface area contributed by atoms with Crippen molar-refractivity contribution < 1.29 is 9.59 Å². The third-order valence-corrected chi connectivity index (χ3v) is 2.89. The van der Waals surface area contributed by atoms with Gasteiger partial charge in [-0.05, 0) is 26.3 Å². The van der Waals surface area contributed by atoms with Gasteiger partial charge < -0.3 is 11.1 Å². The van der Waals surface area contributed by atoms with Gasteiger partial charge in [0.2, 0.25) is 5.91 Å². The Kier molecular flexibility index (Phi) is 5.01. The molecule has 1 aromatic heterocycles. The fraction of sp³-hybridized carbons (Fsp3) is 0.538. The molecule has 3 N–H and O–H groups in total. The molecule has 0 unspecified atom stereocenters. The zero-order chi connectivity index (χ0) is 15.3. The Morgan fingerprint density at radius 3 is 2.60 bits per heavy atom. The highest BCUT2D eigenvalue weighted by atomic mass is 16.2. The number of amides is 2. The van der Waals surface area contributed by atoms with Gasteiger partial charge in [-0.2, -0.15) is 5.10 Å². The third-order valence-electron chi connectivity index (χ3n) is 2.89. The van der Waals surface area contributed by atoms with Crippen molar-refractivity contribution in [2.75, 3.05) is 6.54 Å². The van der Waals surface area contributed by atoms with Crippen LogP contribution < -0.4 is 16.6 Å². The predicted molar refractivity (Wildman–Crippen MR) is 74.1 cm³/mol. The Labute approximate surface area is 117 Å². The minimum Gasteiger partial charge on any atom is -0.369 e. The van der Waals surface area contributed by atoms with Gasteiger partial charge in [0.05, 0.1) is 5.41 Å². The van der Waals surface area contributed by atoms with Gasteiger partial charge in [-0.3, -0.25) is 14.4 Å². The standard InChI is InChI=1S/C13H20N4O3/c1-4-7-17-10(18)6-5-9(16-17)11(19)15-8-13(2,3)12(14)20/h5-6H,4,7-8H2,1-3H3,(H2,14,20)(H,15,19). The summed E-state index contributed by atoms with van der Waals surface area (Å²) >= 11 is 0. The van der Waals surface area contributed by atoms with Crippen LogP contribution in [0.3, 0.4) is 0 Å². The number of carbonyl (C=O) groups is 2. The second-order valence-electron chi connectivity index (χ2n) is 5.21. The highest BCUT2D eigenvalue weighted by Gasteiger charge is 2.25. The zero-order valence-corrected chi connectivity index (χ0v) is 12.0. The van der Waals surface area contributed by atoms with Gasteiger partial charge >= 0.3 is 0 Å². The van der Waals surface area contributed by atoms with Crippen LogP contribution in [0.1, 0.15) is 37.7 Å². The summed E-state index contributed by atoms with van der Waals surface area (Å²) in [6, 6.07) is 2.66. The van der Waals surface area contributed by atoms with Gasteiger partial charge in [-0.1, -0.05) is 6.92 Å². The average Bonchev–Trinajstić information content (AvgIpc) is 2.38. The van der Waals surface area contributed by atoms with Gasteiger partial charge in [0.1, 0.15) is 5.69 Å².